The molecule has 14 heavy (non-hydrogen) atoms. The fourth-order valence-corrected chi connectivity index (χ4v) is 2.19. The van der Waals surface area contributed by atoms with Crippen molar-refractivity contribution in [1.82, 2.24) is 0 Å². The van der Waals surface area contributed by atoms with Crippen LogP contribution in [0.5, 0.6) is 0 Å². The Morgan fingerprint density at radius 1 is 1.29 bits per heavy atom. The summed E-state index contributed by atoms with van der Waals surface area (Å²) < 4.78 is 0. The highest BCUT2D eigenvalue weighted by Gasteiger charge is 2.18. The molecule has 1 aliphatic rings. The molecule has 2 rings (SSSR count). The molecule has 0 spiro atoms. The molecule has 1 nitrogen and oxygen atoms in total. The molecule has 0 radical (unpaired) electrons. The lowest BCUT2D eigenvalue weighted by Gasteiger charge is -2.09. The Bertz CT molecular complexity index is 268. The Labute approximate surface area is 86.5 Å². The average Bonchev–Trinajstić information content (AvgIpc) is 2.60. The summed E-state index contributed by atoms with van der Waals surface area (Å²) in [6.07, 6.45) is 6.60. The summed E-state index contributed by atoms with van der Waals surface area (Å²) in [5, 5.41) is 3.59. The third-order valence-electron chi connectivity index (χ3n) is 3.00. The van der Waals surface area contributed by atoms with Crippen molar-refractivity contribution in [2.75, 3.05) is 5.32 Å². The van der Waals surface area contributed by atoms with E-state index in [-0.39, 0.29) is 0 Å². The highest BCUT2D eigenvalue weighted by atomic mass is 14.9. The van der Waals surface area contributed by atoms with Gasteiger partial charge in [-0.25, -0.2) is 0 Å². The monoisotopic (exact) mass is 189 g/mol. The first kappa shape index (κ1) is 9.57. The second kappa shape index (κ2) is 4.50. The zero-order valence-corrected chi connectivity index (χ0v) is 8.92. The van der Waals surface area contributed by atoms with E-state index >= 15 is 0 Å². The first-order valence-electron chi connectivity index (χ1n) is 5.74. The molecule has 0 fully saturated rings. The van der Waals surface area contributed by atoms with Gasteiger partial charge >= 0.3 is 0 Å². The van der Waals surface area contributed by atoms with E-state index < -0.39 is 0 Å². The van der Waals surface area contributed by atoms with Crippen molar-refractivity contribution in [3.05, 3.63) is 29.8 Å². The lowest BCUT2D eigenvalue weighted by atomic mass is 10.0. The molecule has 76 valence electrons. The summed E-state index contributed by atoms with van der Waals surface area (Å²) in [4.78, 5) is 0. The minimum atomic E-state index is 0.693. The summed E-state index contributed by atoms with van der Waals surface area (Å²) in [6, 6.07) is 9.37. The van der Waals surface area contributed by atoms with Crippen LogP contribution in [0.2, 0.25) is 0 Å². The molecule has 0 amide bonds. The van der Waals surface area contributed by atoms with Crippen molar-refractivity contribution >= 4 is 5.69 Å². The molecule has 0 aliphatic carbocycles. The van der Waals surface area contributed by atoms with Crippen molar-refractivity contribution < 1.29 is 0 Å². The molecule has 1 heteroatoms. The standard InChI is InChI=1S/C13H19N/c1-2-3-4-8-12-10-11-7-5-6-9-13(11)14-12/h5-7,9,12,14H,2-4,8,10H2,1H3. The number of anilines is 1. The van der Waals surface area contributed by atoms with Gasteiger partial charge in [0.2, 0.25) is 0 Å². The summed E-state index contributed by atoms with van der Waals surface area (Å²) in [5.41, 5.74) is 2.85. The van der Waals surface area contributed by atoms with Crippen LogP contribution < -0.4 is 5.32 Å². The van der Waals surface area contributed by atoms with Gasteiger partial charge in [0.05, 0.1) is 0 Å². The van der Waals surface area contributed by atoms with E-state index in [9.17, 15) is 0 Å². The molecule has 0 bridgehead atoms. The van der Waals surface area contributed by atoms with Gasteiger partial charge in [-0.3, -0.25) is 0 Å². The third kappa shape index (κ3) is 2.09. The smallest absolute Gasteiger partial charge is 0.0375 e. The Kier molecular flexibility index (Phi) is 3.07. The van der Waals surface area contributed by atoms with E-state index in [1.807, 2.05) is 0 Å². The summed E-state index contributed by atoms with van der Waals surface area (Å²) in [7, 11) is 0. The highest BCUT2D eigenvalue weighted by molar-refractivity contribution is 5.56. The SMILES string of the molecule is CCCCCC1Cc2ccccc2N1. The average molecular weight is 189 g/mol. The number of rotatable bonds is 4. The van der Waals surface area contributed by atoms with Crippen LogP contribution in [0.3, 0.4) is 0 Å². The number of hydrogen-bond donors (Lipinski definition) is 1. The van der Waals surface area contributed by atoms with Crippen molar-refractivity contribution in [3.8, 4) is 0 Å². The van der Waals surface area contributed by atoms with Gasteiger partial charge in [-0.1, -0.05) is 44.4 Å². The highest BCUT2D eigenvalue weighted by Crippen LogP contribution is 2.27. The van der Waals surface area contributed by atoms with Crippen molar-refractivity contribution in [2.45, 2.75) is 45.1 Å². The summed E-state index contributed by atoms with van der Waals surface area (Å²) in [6.45, 7) is 2.26. The van der Waals surface area contributed by atoms with Gasteiger partial charge in [0, 0.05) is 11.7 Å². The third-order valence-corrected chi connectivity index (χ3v) is 3.00. The lowest BCUT2D eigenvalue weighted by Crippen LogP contribution is -2.14. The lowest BCUT2D eigenvalue weighted by molar-refractivity contribution is 0.598. The van der Waals surface area contributed by atoms with Gasteiger partial charge in [-0.15, -0.1) is 0 Å². The number of fused-ring (bicyclic) bond motifs is 1. The molecule has 0 saturated heterocycles. The number of nitrogens with one attached hydrogen (secondary N) is 1. The molecule has 1 heterocycles. The van der Waals surface area contributed by atoms with Crippen LogP contribution in [0.1, 0.15) is 38.2 Å². The molecule has 1 N–H and O–H groups in total. The normalized spacial score (nSPS) is 19.1. The first-order chi connectivity index (χ1) is 6.90. The predicted molar refractivity (Wildman–Crippen MR) is 61.7 cm³/mol. The van der Waals surface area contributed by atoms with Crippen molar-refractivity contribution in [1.29, 1.82) is 0 Å². The van der Waals surface area contributed by atoms with E-state index in [0.717, 1.165) is 0 Å². The van der Waals surface area contributed by atoms with Crippen LogP contribution in [-0.2, 0) is 6.42 Å². The van der Waals surface area contributed by atoms with Gasteiger partial charge in [-0.05, 0) is 24.5 Å². The maximum absolute atomic E-state index is 3.59. The first-order valence-corrected chi connectivity index (χ1v) is 5.74. The summed E-state index contributed by atoms with van der Waals surface area (Å²) in [5.74, 6) is 0. The minimum absolute atomic E-state index is 0.693. The van der Waals surface area contributed by atoms with E-state index in [0.29, 0.717) is 6.04 Å². The van der Waals surface area contributed by atoms with Crippen LogP contribution in [-0.4, -0.2) is 6.04 Å². The van der Waals surface area contributed by atoms with Crippen molar-refractivity contribution in [3.63, 3.8) is 0 Å². The number of para-hydroxylation sites is 1. The molecular formula is C13H19N. The van der Waals surface area contributed by atoms with Crippen LogP contribution in [0.25, 0.3) is 0 Å². The van der Waals surface area contributed by atoms with Gasteiger partial charge in [-0.2, -0.15) is 0 Å². The molecule has 0 aromatic heterocycles. The molecule has 1 aliphatic heterocycles. The van der Waals surface area contributed by atoms with E-state index in [2.05, 4.69) is 36.5 Å². The van der Waals surface area contributed by atoms with Gasteiger partial charge in [0.1, 0.15) is 0 Å². The number of unbranched alkanes of at least 4 members (excludes halogenated alkanes) is 2. The zero-order chi connectivity index (χ0) is 9.80. The second-order valence-electron chi connectivity index (χ2n) is 4.20. The predicted octanol–water partition coefficient (Wildman–Crippen LogP) is 3.60. The zero-order valence-electron chi connectivity index (χ0n) is 8.92. The number of hydrogen-bond acceptors (Lipinski definition) is 1. The van der Waals surface area contributed by atoms with Gasteiger partial charge in [0.15, 0.2) is 0 Å². The maximum Gasteiger partial charge on any atom is 0.0375 e. The summed E-state index contributed by atoms with van der Waals surface area (Å²) >= 11 is 0. The van der Waals surface area contributed by atoms with Gasteiger partial charge in [0.25, 0.3) is 0 Å². The number of benzene rings is 1. The largest absolute Gasteiger partial charge is 0.382 e. The molecule has 1 atom stereocenters. The van der Waals surface area contributed by atoms with Crippen LogP contribution in [0, 0.1) is 0 Å². The molecule has 1 aromatic rings. The van der Waals surface area contributed by atoms with Crippen LogP contribution in [0.15, 0.2) is 24.3 Å². The van der Waals surface area contributed by atoms with E-state index in [1.54, 1.807) is 0 Å². The maximum atomic E-state index is 3.59. The van der Waals surface area contributed by atoms with Crippen molar-refractivity contribution in [2.24, 2.45) is 0 Å². The molecular weight excluding hydrogens is 170 g/mol. The Balaban J connectivity index is 1.86. The molecule has 0 saturated carbocycles. The van der Waals surface area contributed by atoms with Crippen LogP contribution >= 0.6 is 0 Å². The quantitative estimate of drug-likeness (QED) is 0.713. The Hall–Kier alpha value is -0.980. The fourth-order valence-electron chi connectivity index (χ4n) is 2.19. The second-order valence-corrected chi connectivity index (χ2v) is 4.20. The fraction of sp³-hybridized carbons (Fsp3) is 0.538. The molecule has 1 aromatic carbocycles. The Morgan fingerprint density at radius 3 is 2.93 bits per heavy atom. The minimum Gasteiger partial charge on any atom is -0.382 e. The van der Waals surface area contributed by atoms with Gasteiger partial charge < -0.3 is 5.32 Å². The van der Waals surface area contributed by atoms with E-state index in [1.165, 1.54) is 43.4 Å². The van der Waals surface area contributed by atoms with Crippen LogP contribution in [0.4, 0.5) is 5.69 Å². The Morgan fingerprint density at radius 2 is 2.14 bits per heavy atom. The topological polar surface area (TPSA) is 12.0 Å². The van der Waals surface area contributed by atoms with E-state index in [4.69, 9.17) is 0 Å². The molecule has 1 unspecified atom stereocenters.